The summed E-state index contributed by atoms with van der Waals surface area (Å²) in [6.07, 6.45) is 8.60. The normalized spacial score (nSPS) is 19.9. The first-order valence-electron chi connectivity index (χ1n) is 7.55. The molecule has 0 radical (unpaired) electrons. The van der Waals surface area contributed by atoms with Crippen molar-refractivity contribution < 1.29 is 10.9 Å². The molecule has 0 aromatic rings. The van der Waals surface area contributed by atoms with E-state index in [4.69, 9.17) is 6.11 Å². The first-order valence-corrected chi connectivity index (χ1v) is 7.05. The van der Waals surface area contributed by atoms with E-state index in [1.807, 2.05) is 0 Å². The van der Waals surface area contributed by atoms with Crippen molar-refractivity contribution in [3.8, 4) is 0 Å². The lowest BCUT2D eigenvalue weighted by atomic mass is 9.83. The standard InChI is InChI=1S/C15H26O2/c1-3-5-7-8-9-13-11-14(12-13)15(16)17-10-6-4-2/h11,14H,3-10,12H2,1-2H3/i11D. The molecule has 0 aliphatic heterocycles. The van der Waals surface area contributed by atoms with E-state index in [0.29, 0.717) is 12.7 Å². The molecule has 0 spiro atoms. The van der Waals surface area contributed by atoms with Gasteiger partial charge in [0.25, 0.3) is 0 Å². The zero-order chi connectivity index (χ0) is 13.4. The van der Waals surface area contributed by atoms with Crippen LogP contribution in [0, 0.1) is 5.92 Å². The average Bonchev–Trinajstić information content (AvgIpc) is 2.36. The van der Waals surface area contributed by atoms with E-state index in [2.05, 4.69) is 13.8 Å². The lowest BCUT2D eigenvalue weighted by Crippen LogP contribution is -2.23. The zero-order valence-electron chi connectivity index (χ0n) is 12.3. The molecule has 1 rings (SSSR count). The summed E-state index contributed by atoms with van der Waals surface area (Å²) in [5.41, 5.74) is 1.17. The van der Waals surface area contributed by atoms with Gasteiger partial charge in [-0.25, -0.2) is 0 Å². The van der Waals surface area contributed by atoms with Gasteiger partial charge >= 0.3 is 5.97 Å². The van der Waals surface area contributed by atoms with Crippen LogP contribution in [0.15, 0.2) is 11.6 Å². The molecule has 0 saturated heterocycles. The molecule has 0 saturated carbocycles. The molecule has 0 bridgehead atoms. The topological polar surface area (TPSA) is 26.3 Å². The summed E-state index contributed by atoms with van der Waals surface area (Å²) in [5.74, 6) is -0.450. The lowest BCUT2D eigenvalue weighted by Gasteiger charge is -2.24. The van der Waals surface area contributed by atoms with Crippen LogP contribution in [0.1, 0.15) is 66.6 Å². The van der Waals surface area contributed by atoms with Crippen LogP contribution in [0.25, 0.3) is 0 Å². The van der Waals surface area contributed by atoms with E-state index < -0.39 is 0 Å². The number of carbonyl (C=O) groups is 1. The minimum atomic E-state index is -0.261. The maximum absolute atomic E-state index is 11.7. The molecule has 1 atom stereocenters. The number of rotatable bonds is 9. The van der Waals surface area contributed by atoms with E-state index in [1.54, 1.807) is 0 Å². The van der Waals surface area contributed by atoms with Gasteiger partial charge in [-0.1, -0.05) is 51.2 Å². The first kappa shape index (κ1) is 12.7. The van der Waals surface area contributed by atoms with E-state index in [1.165, 1.54) is 24.8 Å². The Hall–Kier alpha value is -0.790. The second kappa shape index (κ2) is 8.32. The summed E-state index contributed by atoms with van der Waals surface area (Å²) in [7, 11) is 0. The zero-order valence-corrected chi connectivity index (χ0v) is 11.3. The summed E-state index contributed by atoms with van der Waals surface area (Å²) in [4.78, 5) is 11.7. The fourth-order valence-corrected chi connectivity index (χ4v) is 1.97. The molecule has 17 heavy (non-hydrogen) atoms. The SMILES string of the molecule is [2H]C1=C(CCCCCC)CC1C(=O)OCCCC. The highest BCUT2D eigenvalue weighted by Gasteiger charge is 2.26. The number of esters is 1. The second-order valence-corrected chi connectivity index (χ2v) is 4.84. The highest BCUT2D eigenvalue weighted by Crippen LogP contribution is 2.30. The molecule has 0 fully saturated rings. The summed E-state index contributed by atoms with van der Waals surface area (Å²) in [6, 6.07) is 0.535. The van der Waals surface area contributed by atoms with Crippen molar-refractivity contribution in [1.29, 1.82) is 0 Å². The Morgan fingerprint density at radius 3 is 2.76 bits per heavy atom. The molecule has 0 aromatic carbocycles. The number of allylic oxidation sites excluding steroid dienone is 1. The van der Waals surface area contributed by atoms with Crippen molar-refractivity contribution in [1.82, 2.24) is 0 Å². The Kier molecular flexibility index (Phi) is 6.20. The van der Waals surface area contributed by atoms with Gasteiger partial charge in [-0.2, -0.15) is 0 Å². The lowest BCUT2D eigenvalue weighted by molar-refractivity contribution is -0.147. The molecule has 0 heterocycles. The van der Waals surface area contributed by atoms with E-state index in [-0.39, 0.29) is 11.9 Å². The second-order valence-electron chi connectivity index (χ2n) is 4.84. The average molecular weight is 239 g/mol. The highest BCUT2D eigenvalue weighted by molar-refractivity contribution is 5.76. The molecule has 98 valence electrons. The Labute approximate surface area is 107 Å². The third-order valence-corrected chi connectivity index (χ3v) is 3.19. The molecule has 0 N–H and O–H groups in total. The van der Waals surface area contributed by atoms with Gasteiger partial charge in [0.1, 0.15) is 0 Å². The molecule has 0 aromatic heterocycles. The van der Waals surface area contributed by atoms with Crippen LogP contribution < -0.4 is 0 Å². The van der Waals surface area contributed by atoms with Gasteiger partial charge in [0.05, 0.1) is 13.9 Å². The van der Waals surface area contributed by atoms with Crippen molar-refractivity contribution in [3.05, 3.63) is 11.6 Å². The number of unbranched alkanes of at least 4 members (excludes halogenated alkanes) is 4. The first-order chi connectivity index (χ1) is 8.70. The van der Waals surface area contributed by atoms with E-state index in [0.717, 1.165) is 32.1 Å². The molecule has 1 aliphatic rings. The van der Waals surface area contributed by atoms with Crippen molar-refractivity contribution in [2.75, 3.05) is 6.61 Å². The van der Waals surface area contributed by atoms with Crippen LogP contribution in [-0.2, 0) is 9.53 Å². The molecular weight excluding hydrogens is 212 g/mol. The highest BCUT2D eigenvalue weighted by atomic mass is 16.5. The van der Waals surface area contributed by atoms with Crippen molar-refractivity contribution in [2.24, 2.45) is 5.92 Å². The van der Waals surface area contributed by atoms with Gasteiger partial charge in [0, 0.05) is 0 Å². The number of hydrogen-bond acceptors (Lipinski definition) is 2. The Morgan fingerprint density at radius 1 is 1.35 bits per heavy atom. The van der Waals surface area contributed by atoms with Gasteiger partial charge in [-0.05, 0) is 25.7 Å². The smallest absolute Gasteiger partial charge is 0.313 e. The monoisotopic (exact) mass is 239 g/mol. The van der Waals surface area contributed by atoms with Gasteiger partial charge in [0.2, 0.25) is 0 Å². The molecular formula is C15H26O2. The summed E-state index contributed by atoms with van der Waals surface area (Å²) in [5, 5.41) is 0. The van der Waals surface area contributed by atoms with Crippen LogP contribution in [-0.4, -0.2) is 12.6 Å². The Balaban J connectivity index is 2.23. The molecule has 2 heteroatoms. The van der Waals surface area contributed by atoms with E-state index >= 15 is 0 Å². The molecule has 1 unspecified atom stereocenters. The fourth-order valence-electron chi connectivity index (χ4n) is 1.97. The Morgan fingerprint density at radius 2 is 2.12 bits per heavy atom. The minimum absolute atomic E-state index is 0.189. The van der Waals surface area contributed by atoms with Gasteiger partial charge in [-0.15, -0.1) is 0 Å². The van der Waals surface area contributed by atoms with Gasteiger partial charge in [0.15, 0.2) is 0 Å². The summed E-state index contributed by atoms with van der Waals surface area (Å²) in [6.45, 7) is 4.77. The Bertz CT molecular complexity index is 297. The third-order valence-electron chi connectivity index (χ3n) is 3.19. The van der Waals surface area contributed by atoms with E-state index in [9.17, 15) is 4.79 Å². The van der Waals surface area contributed by atoms with Gasteiger partial charge < -0.3 is 4.74 Å². The molecule has 1 aliphatic carbocycles. The van der Waals surface area contributed by atoms with Crippen molar-refractivity contribution in [2.45, 2.75) is 65.2 Å². The largest absolute Gasteiger partial charge is 0.465 e. The fraction of sp³-hybridized carbons (Fsp3) is 0.800. The van der Waals surface area contributed by atoms with Crippen molar-refractivity contribution in [3.63, 3.8) is 0 Å². The third kappa shape index (κ3) is 5.38. The number of hydrogen-bond donors (Lipinski definition) is 0. The molecule has 2 nitrogen and oxygen atoms in total. The number of carbonyl (C=O) groups excluding carboxylic acids is 1. The van der Waals surface area contributed by atoms with Crippen LogP contribution in [0.3, 0.4) is 0 Å². The maximum atomic E-state index is 11.7. The van der Waals surface area contributed by atoms with Crippen LogP contribution >= 0.6 is 0 Å². The minimum Gasteiger partial charge on any atom is -0.465 e. The number of ether oxygens (including phenoxy) is 1. The maximum Gasteiger partial charge on any atom is 0.313 e. The van der Waals surface area contributed by atoms with Crippen molar-refractivity contribution >= 4 is 5.97 Å². The van der Waals surface area contributed by atoms with Crippen LogP contribution in [0.5, 0.6) is 0 Å². The van der Waals surface area contributed by atoms with Gasteiger partial charge in [-0.3, -0.25) is 4.79 Å². The predicted octanol–water partition coefficient (Wildman–Crippen LogP) is 4.25. The van der Waals surface area contributed by atoms with Crippen LogP contribution in [0.2, 0.25) is 0 Å². The quantitative estimate of drug-likeness (QED) is 0.341. The summed E-state index contributed by atoms with van der Waals surface area (Å²) >= 11 is 0. The predicted molar refractivity (Wildman–Crippen MR) is 70.8 cm³/mol. The molecule has 0 amide bonds. The van der Waals surface area contributed by atoms with Crippen LogP contribution in [0.4, 0.5) is 0 Å². The summed E-state index contributed by atoms with van der Waals surface area (Å²) < 4.78 is 13.1.